The molecule has 0 fully saturated rings. The van der Waals surface area contributed by atoms with Crippen molar-refractivity contribution in [3.8, 4) is 0 Å². The second-order valence-electron chi connectivity index (χ2n) is 3.83. The van der Waals surface area contributed by atoms with Crippen LogP contribution in [0.25, 0.3) is 0 Å². The van der Waals surface area contributed by atoms with Crippen molar-refractivity contribution in [1.29, 1.82) is 0 Å². The van der Waals surface area contributed by atoms with E-state index in [0.29, 0.717) is 6.04 Å². The average Bonchev–Trinajstić information content (AvgIpc) is 2.56. The first kappa shape index (κ1) is 11.7. The SMILES string of the molecule is CC(O)CCNC(C)Cc1ccsc1. The minimum absolute atomic E-state index is 0.198. The second kappa shape index (κ2) is 6.17. The Bertz CT molecular complexity index is 233. The van der Waals surface area contributed by atoms with Gasteiger partial charge >= 0.3 is 0 Å². The van der Waals surface area contributed by atoms with Crippen LogP contribution < -0.4 is 5.32 Å². The fraction of sp³-hybridized carbons (Fsp3) is 0.636. The van der Waals surface area contributed by atoms with E-state index in [4.69, 9.17) is 5.11 Å². The van der Waals surface area contributed by atoms with Gasteiger partial charge in [-0.05, 0) is 55.6 Å². The molecule has 0 aliphatic carbocycles. The van der Waals surface area contributed by atoms with Gasteiger partial charge in [0.25, 0.3) is 0 Å². The Kier molecular flexibility index (Phi) is 5.15. The van der Waals surface area contributed by atoms with E-state index in [1.807, 2.05) is 6.92 Å². The van der Waals surface area contributed by atoms with Gasteiger partial charge in [0.2, 0.25) is 0 Å². The van der Waals surface area contributed by atoms with Crippen molar-refractivity contribution in [3.05, 3.63) is 22.4 Å². The summed E-state index contributed by atoms with van der Waals surface area (Å²) in [5, 5.41) is 16.8. The lowest BCUT2D eigenvalue weighted by atomic mass is 10.1. The summed E-state index contributed by atoms with van der Waals surface area (Å²) in [7, 11) is 0. The molecule has 1 rings (SSSR count). The summed E-state index contributed by atoms with van der Waals surface area (Å²) < 4.78 is 0. The maximum absolute atomic E-state index is 9.08. The van der Waals surface area contributed by atoms with Gasteiger partial charge in [-0.25, -0.2) is 0 Å². The van der Waals surface area contributed by atoms with Gasteiger partial charge in [-0.1, -0.05) is 0 Å². The molecule has 2 unspecified atom stereocenters. The molecule has 0 radical (unpaired) electrons. The molecule has 0 amide bonds. The number of aliphatic hydroxyl groups is 1. The van der Waals surface area contributed by atoms with Crippen LogP contribution in [0.3, 0.4) is 0 Å². The van der Waals surface area contributed by atoms with E-state index in [1.165, 1.54) is 5.56 Å². The van der Waals surface area contributed by atoms with Crippen molar-refractivity contribution in [2.75, 3.05) is 6.54 Å². The van der Waals surface area contributed by atoms with Crippen LogP contribution in [0.15, 0.2) is 16.8 Å². The molecule has 0 saturated carbocycles. The summed E-state index contributed by atoms with van der Waals surface area (Å²) in [6.45, 7) is 4.90. The van der Waals surface area contributed by atoms with E-state index in [-0.39, 0.29) is 6.10 Å². The third kappa shape index (κ3) is 4.74. The minimum atomic E-state index is -0.198. The predicted molar refractivity (Wildman–Crippen MR) is 61.8 cm³/mol. The van der Waals surface area contributed by atoms with Gasteiger partial charge in [0.15, 0.2) is 0 Å². The molecule has 1 aromatic rings. The van der Waals surface area contributed by atoms with E-state index in [1.54, 1.807) is 11.3 Å². The van der Waals surface area contributed by atoms with Gasteiger partial charge < -0.3 is 10.4 Å². The molecule has 0 bridgehead atoms. The normalized spacial score (nSPS) is 15.4. The van der Waals surface area contributed by atoms with Gasteiger partial charge in [-0.15, -0.1) is 0 Å². The first-order valence-electron chi connectivity index (χ1n) is 5.11. The maximum atomic E-state index is 9.08. The summed E-state index contributed by atoms with van der Waals surface area (Å²) in [5.41, 5.74) is 1.40. The molecule has 0 aromatic carbocycles. The fourth-order valence-electron chi connectivity index (χ4n) is 1.37. The quantitative estimate of drug-likeness (QED) is 0.758. The van der Waals surface area contributed by atoms with E-state index >= 15 is 0 Å². The van der Waals surface area contributed by atoms with Gasteiger partial charge in [-0.2, -0.15) is 11.3 Å². The number of hydrogen-bond donors (Lipinski definition) is 2. The Morgan fingerprint density at radius 3 is 2.86 bits per heavy atom. The molecule has 1 heterocycles. The van der Waals surface area contributed by atoms with Gasteiger partial charge in [-0.3, -0.25) is 0 Å². The first-order valence-corrected chi connectivity index (χ1v) is 6.05. The zero-order valence-electron chi connectivity index (χ0n) is 8.86. The van der Waals surface area contributed by atoms with Crippen LogP contribution in [0.5, 0.6) is 0 Å². The Labute approximate surface area is 90.0 Å². The molecule has 0 saturated heterocycles. The van der Waals surface area contributed by atoms with E-state index in [9.17, 15) is 0 Å². The lowest BCUT2D eigenvalue weighted by Gasteiger charge is -2.13. The lowest BCUT2D eigenvalue weighted by molar-refractivity contribution is 0.182. The highest BCUT2D eigenvalue weighted by atomic mass is 32.1. The summed E-state index contributed by atoms with van der Waals surface area (Å²) >= 11 is 1.74. The third-order valence-corrected chi connectivity index (χ3v) is 2.91. The van der Waals surface area contributed by atoms with Crippen LogP contribution >= 0.6 is 11.3 Å². The molecule has 0 spiro atoms. The molecular weight excluding hydrogens is 194 g/mol. The van der Waals surface area contributed by atoms with Crippen LogP contribution in [0.1, 0.15) is 25.8 Å². The Morgan fingerprint density at radius 1 is 1.50 bits per heavy atom. The average molecular weight is 213 g/mol. The molecule has 3 heteroatoms. The summed E-state index contributed by atoms with van der Waals surface area (Å²) in [5.74, 6) is 0. The van der Waals surface area contributed by atoms with Crippen LogP contribution in [-0.4, -0.2) is 23.8 Å². The molecule has 1 aromatic heterocycles. The van der Waals surface area contributed by atoms with Crippen molar-refractivity contribution in [3.63, 3.8) is 0 Å². The molecule has 14 heavy (non-hydrogen) atoms. The van der Waals surface area contributed by atoms with Gasteiger partial charge in [0.1, 0.15) is 0 Å². The Morgan fingerprint density at radius 2 is 2.29 bits per heavy atom. The number of thiophene rings is 1. The van der Waals surface area contributed by atoms with Crippen LogP contribution in [0.4, 0.5) is 0 Å². The minimum Gasteiger partial charge on any atom is -0.393 e. The summed E-state index contributed by atoms with van der Waals surface area (Å²) in [6.07, 6.45) is 1.70. The highest BCUT2D eigenvalue weighted by Gasteiger charge is 2.03. The smallest absolute Gasteiger partial charge is 0.0524 e. The summed E-state index contributed by atoms with van der Waals surface area (Å²) in [4.78, 5) is 0. The van der Waals surface area contributed by atoms with Gasteiger partial charge in [0.05, 0.1) is 6.10 Å². The van der Waals surface area contributed by atoms with Crippen LogP contribution in [0.2, 0.25) is 0 Å². The number of hydrogen-bond acceptors (Lipinski definition) is 3. The predicted octanol–water partition coefficient (Wildman–Crippen LogP) is 2.04. The van der Waals surface area contributed by atoms with Crippen molar-refractivity contribution in [1.82, 2.24) is 5.32 Å². The van der Waals surface area contributed by atoms with Gasteiger partial charge in [0, 0.05) is 6.04 Å². The highest BCUT2D eigenvalue weighted by molar-refractivity contribution is 7.07. The van der Waals surface area contributed by atoms with Crippen molar-refractivity contribution in [2.24, 2.45) is 0 Å². The van der Waals surface area contributed by atoms with E-state index < -0.39 is 0 Å². The molecule has 0 aliphatic heterocycles. The second-order valence-corrected chi connectivity index (χ2v) is 4.61. The number of rotatable bonds is 6. The molecule has 2 N–H and O–H groups in total. The molecule has 2 nitrogen and oxygen atoms in total. The Hall–Kier alpha value is -0.380. The Balaban J connectivity index is 2.13. The summed E-state index contributed by atoms with van der Waals surface area (Å²) in [6, 6.07) is 2.65. The zero-order valence-corrected chi connectivity index (χ0v) is 9.68. The molecular formula is C11H19NOS. The maximum Gasteiger partial charge on any atom is 0.0524 e. The largest absolute Gasteiger partial charge is 0.393 e. The van der Waals surface area contributed by atoms with E-state index in [2.05, 4.69) is 29.1 Å². The number of aliphatic hydroxyl groups excluding tert-OH is 1. The fourth-order valence-corrected chi connectivity index (χ4v) is 2.05. The van der Waals surface area contributed by atoms with Crippen molar-refractivity contribution < 1.29 is 5.11 Å². The van der Waals surface area contributed by atoms with Crippen LogP contribution in [-0.2, 0) is 6.42 Å². The molecule has 80 valence electrons. The van der Waals surface area contributed by atoms with Crippen LogP contribution in [0, 0.1) is 0 Å². The van der Waals surface area contributed by atoms with Crippen molar-refractivity contribution in [2.45, 2.75) is 38.8 Å². The lowest BCUT2D eigenvalue weighted by Crippen LogP contribution is -2.30. The molecule has 0 aliphatic rings. The monoisotopic (exact) mass is 213 g/mol. The first-order chi connectivity index (χ1) is 6.68. The topological polar surface area (TPSA) is 32.3 Å². The molecule has 2 atom stereocenters. The zero-order chi connectivity index (χ0) is 10.4. The van der Waals surface area contributed by atoms with E-state index in [0.717, 1.165) is 19.4 Å². The third-order valence-electron chi connectivity index (χ3n) is 2.18. The number of nitrogens with one attached hydrogen (secondary N) is 1. The van der Waals surface area contributed by atoms with Crippen molar-refractivity contribution >= 4 is 11.3 Å². The standard InChI is InChI=1S/C11H19NOS/c1-9(12-5-3-10(2)13)7-11-4-6-14-8-11/h4,6,8-10,12-13H,3,5,7H2,1-2H3. The highest BCUT2D eigenvalue weighted by Crippen LogP contribution is 2.08.